The summed E-state index contributed by atoms with van der Waals surface area (Å²) in [5, 5.41) is 4.01. The van der Waals surface area contributed by atoms with Gasteiger partial charge in [-0.2, -0.15) is 5.10 Å². The number of nitrogens with zero attached hydrogens (tertiary/aromatic N) is 3. The van der Waals surface area contributed by atoms with Crippen LogP contribution in [0.3, 0.4) is 0 Å². The van der Waals surface area contributed by atoms with Crippen LogP contribution in [0.1, 0.15) is 11.9 Å². The first-order valence-corrected chi connectivity index (χ1v) is 6.42. The zero-order valence-electron chi connectivity index (χ0n) is 9.22. The molecule has 2 aromatic heterocycles. The molecule has 1 saturated heterocycles. The van der Waals surface area contributed by atoms with E-state index in [9.17, 15) is 4.39 Å². The molecule has 7 heteroatoms. The zero-order chi connectivity index (χ0) is 12.5. The Morgan fingerprint density at radius 3 is 2.67 bits per heavy atom. The van der Waals surface area contributed by atoms with Crippen LogP contribution in [0, 0.1) is 9.52 Å². The monoisotopic (exact) mass is 361 g/mol. The van der Waals surface area contributed by atoms with Gasteiger partial charge in [-0.1, -0.05) is 0 Å². The van der Waals surface area contributed by atoms with Crippen LogP contribution in [0.2, 0.25) is 0 Å². The Morgan fingerprint density at radius 1 is 1.33 bits per heavy atom. The van der Waals surface area contributed by atoms with Crippen LogP contribution in [-0.4, -0.2) is 28.0 Å². The molecule has 2 aromatic rings. The zero-order valence-corrected chi connectivity index (χ0v) is 11.4. The molecule has 1 aliphatic heterocycles. The second-order valence-corrected chi connectivity index (χ2v) is 4.76. The van der Waals surface area contributed by atoms with E-state index in [4.69, 9.17) is 9.47 Å². The van der Waals surface area contributed by atoms with Crippen LogP contribution in [0.5, 0.6) is 0 Å². The van der Waals surface area contributed by atoms with Gasteiger partial charge in [0.25, 0.3) is 0 Å². The third kappa shape index (κ3) is 2.25. The molecule has 0 N–H and O–H groups in total. The second kappa shape index (κ2) is 4.90. The predicted octanol–water partition coefficient (Wildman–Crippen LogP) is 2.06. The van der Waals surface area contributed by atoms with Crippen LogP contribution in [-0.2, 0) is 9.47 Å². The molecule has 5 nitrogen and oxygen atoms in total. The Hall–Kier alpha value is -1.06. The summed E-state index contributed by atoms with van der Waals surface area (Å²) in [5.74, 6) is 0.197. The molecule has 0 spiro atoms. The summed E-state index contributed by atoms with van der Waals surface area (Å²) in [4.78, 5) is 4.22. The Bertz CT molecular complexity index is 532. The van der Waals surface area contributed by atoms with Gasteiger partial charge in [0.1, 0.15) is 0 Å². The molecule has 94 valence electrons. The van der Waals surface area contributed by atoms with Crippen LogP contribution in [0.4, 0.5) is 4.39 Å². The quantitative estimate of drug-likeness (QED) is 0.769. The fraction of sp³-hybridized carbons (Fsp3) is 0.273. The van der Waals surface area contributed by atoms with Gasteiger partial charge in [-0.3, -0.25) is 0 Å². The molecule has 1 aliphatic rings. The number of ether oxygens (including phenoxy) is 2. The first-order valence-electron chi connectivity index (χ1n) is 5.34. The number of hydrogen-bond donors (Lipinski definition) is 0. The van der Waals surface area contributed by atoms with Crippen molar-refractivity contribution in [2.75, 3.05) is 13.2 Å². The van der Waals surface area contributed by atoms with Crippen molar-refractivity contribution in [2.24, 2.45) is 0 Å². The number of rotatable bonds is 2. The van der Waals surface area contributed by atoms with Crippen LogP contribution in [0.25, 0.3) is 5.82 Å². The Kier molecular flexibility index (Phi) is 3.27. The Labute approximate surface area is 116 Å². The van der Waals surface area contributed by atoms with Gasteiger partial charge in [0.15, 0.2) is 21.6 Å². The molecule has 0 atom stereocenters. The topological polar surface area (TPSA) is 49.2 Å². The van der Waals surface area contributed by atoms with E-state index in [0.717, 1.165) is 5.56 Å². The number of hydrogen-bond acceptors (Lipinski definition) is 4. The molecule has 0 aromatic carbocycles. The summed E-state index contributed by atoms with van der Waals surface area (Å²) in [7, 11) is 0. The van der Waals surface area contributed by atoms with Crippen LogP contribution < -0.4 is 0 Å². The van der Waals surface area contributed by atoms with Crippen molar-refractivity contribution in [1.82, 2.24) is 14.8 Å². The van der Waals surface area contributed by atoms with Gasteiger partial charge in [0.05, 0.1) is 19.4 Å². The second-order valence-electron chi connectivity index (χ2n) is 3.74. The maximum atomic E-state index is 13.2. The SMILES string of the molecule is Fc1cn(-c2ccc(C3OCCO3)cn2)nc1I. The summed E-state index contributed by atoms with van der Waals surface area (Å²) >= 11 is 1.83. The van der Waals surface area contributed by atoms with E-state index >= 15 is 0 Å². The molecule has 0 bridgehead atoms. The summed E-state index contributed by atoms with van der Waals surface area (Å²) in [6.07, 6.45) is 2.60. The van der Waals surface area contributed by atoms with Gasteiger partial charge in [-0.25, -0.2) is 14.1 Å². The summed E-state index contributed by atoms with van der Waals surface area (Å²) < 4.78 is 25.6. The van der Waals surface area contributed by atoms with Crippen LogP contribution >= 0.6 is 22.6 Å². The van der Waals surface area contributed by atoms with E-state index in [2.05, 4.69) is 10.1 Å². The highest BCUT2D eigenvalue weighted by Gasteiger charge is 2.18. The summed E-state index contributed by atoms with van der Waals surface area (Å²) in [6.45, 7) is 1.18. The molecular weight excluding hydrogens is 352 g/mol. The maximum absolute atomic E-state index is 13.2. The van der Waals surface area contributed by atoms with Crippen molar-refractivity contribution in [1.29, 1.82) is 0 Å². The van der Waals surface area contributed by atoms with Gasteiger partial charge in [0.2, 0.25) is 0 Å². The first kappa shape index (κ1) is 12.0. The fourth-order valence-electron chi connectivity index (χ4n) is 1.67. The molecular formula is C11H9FIN3O2. The van der Waals surface area contributed by atoms with Crippen molar-refractivity contribution < 1.29 is 13.9 Å². The van der Waals surface area contributed by atoms with E-state index in [1.165, 1.54) is 10.9 Å². The lowest BCUT2D eigenvalue weighted by Gasteiger charge is -2.09. The van der Waals surface area contributed by atoms with Crippen molar-refractivity contribution in [2.45, 2.75) is 6.29 Å². The minimum absolute atomic E-state index is 0.320. The molecule has 0 amide bonds. The van der Waals surface area contributed by atoms with Crippen LogP contribution in [0.15, 0.2) is 24.5 Å². The van der Waals surface area contributed by atoms with E-state index in [-0.39, 0.29) is 12.1 Å². The normalized spacial score (nSPS) is 16.3. The minimum Gasteiger partial charge on any atom is -0.346 e. The number of halogens is 2. The predicted molar refractivity (Wildman–Crippen MR) is 68.7 cm³/mol. The first-order chi connectivity index (χ1) is 8.74. The highest BCUT2D eigenvalue weighted by atomic mass is 127. The van der Waals surface area contributed by atoms with E-state index in [0.29, 0.717) is 22.7 Å². The average molecular weight is 361 g/mol. The largest absolute Gasteiger partial charge is 0.346 e. The van der Waals surface area contributed by atoms with Gasteiger partial charge in [-0.15, -0.1) is 0 Å². The summed E-state index contributed by atoms with van der Waals surface area (Å²) in [5.41, 5.74) is 0.846. The lowest BCUT2D eigenvalue weighted by atomic mass is 10.3. The highest BCUT2D eigenvalue weighted by molar-refractivity contribution is 14.1. The van der Waals surface area contributed by atoms with Crippen molar-refractivity contribution in [3.05, 3.63) is 39.6 Å². The van der Waals surface area contributed by atoms with Gasteiger partial charge in [-0.05, 0) is 34.7 Å². The Morgan fingerprint density at radius 2 is 2.11 bits per heavy atom. The van der Waals surface area contributed by atoms with E-state index < -0.39 is 0 Å². The number of pyridine rings is 1. The van der Waals surface area contributed by atoms with Crippen molar-refractivity contribution in [3.8, 4) is 5.82 Å². The minimum atomic E-state index is -0.357. The molecule has 0 radical (unpaired) electrons. The average Bonchev–Trinajstić information content (AvgIpc) is 3.01. The molecule has 1 fully saturated rings. The third-order valence-corrected chi connectivity index (χ3v) is 3.26. The van der Waals surface area contributed by atoms with Gasteiger partial charge < -0.3 is 9.47 Å². The molecule has 0 aliphatic carbocycles. The van der Waals surface area contributed by atoms with E-state index in [1.54, 1.807) is 12.3 Å². The van der Waals surface area contributed by atoms with Gasteiger partial charge >= 0.3 is 0 Å². The van der Waals surface area contributed by atoms with Crippen molar-refractivity contribution >= 4 is 22.6 Å². The lowest BCUT2D eigenvalue weighted by molar-refractivity contribution is -0.0443. The third-order valence-electron chi connectivity index (χ3n) is 2.53. The van der Waals surface area contributed by atoms with Crippen molar-refractivity contribution in [3.63, 3.8) is 0 Å². The van der Waals surface area contributed by atoms with E-state index in [1.807, 2.05) is 28.7 Å². The molecule has 3 rings (SSSR count). The lowest BCUT2D eigenvalue weighted by Crippen LogP contribution is -2.02. The number of aromatic nitrogens is 3. The molecule has 3 heterocycles. The smallest absolute Gasteiger partial charge is 0.185 e. The standard InChI is InChI=1S/C11H9FIN3O2/c12-8-6-16(15-10(8)13)9-2-1-7(5-14-9)11-17-3-4-18-11/h1-2,5-6,11H,3-4H2. The Balaban J connectivity index is 1.86. The summed E-state index contributed by atoms with van der Waals surface area (Å²) in [6, 6.07) is 3.59. The molecule has 18 heavy (non-hydrogen) atoms. The highest BCUT2D eigenvalue weighted by Crippen LogP contribution is 2.23. The molecule has 0 saturated carbocycles. The van der Waals surface area contributed by atoms with Gasteiger partial charge in [0, 0.05) is 11.8 Å². The maximum Gasteiger partial charge on any atom is 0.185 e. The fourth-order valence-corrected chi connectivity index (χ4v) is 2.04. The molecule has 0 unspecified atom stereocenters.